The number of hydrogen-bond donors (Lipinski definition) is 2. The summed E-state index contributed by atoms with van der Waals surface area (Å²) < 4.78 is 4.41. The van der Waals surface area contributed by atoms with Crippen molar-refractivity contribution in [3.8, 4) is 0 Å². The molecule has 94 valence electrons. The first-order valence-electron chi connectivity index (χ1n) is 5.34. The van der Waals surface area contributed by atoms with Crippen LogP contribution in [0.25, 0.3) is 0 Å². The summed E-state index contributed by atoms with van der Waals surface area (Å²) in [6, 6.07) is -1.05. The Balaban J connectivity index is 2.45. The number of carboxylic acid groups (broad SMARTS) is 1. The molecular formula is C11H15NO5. The van der Waals surface area contributed by atoms with E-state index < -0.39 is 18.0 Å². The highest BCUT2D eigenvalue weighted by Crippen LogP contribution is 2.17. The summed E-state index contributed by atoms with van der Waals surface area (Å²) in [6.45, 7) is 0. The summed E-state index contributed by atoms with van der Waals surface area (Å²) in [5.74, 6) is -2.01. The van der Waals surface area contributed by atoms with Gasteiger partial charge >= 0.3 is 11.9 Å². The van der Waals surface area contributed by atoms with E-state index in [9.17, 15) is 14.4 Å². The molecule has 2 N–H and O–H groups in total. The van der Waals surface area contributed by atoms with Gasteiger partial charge in [0.15, 0.2) is 0 Å². The van der Waals surface area contributed by atoms with Gasteiger partial charge in [-0.1, -0.05) is 6.08 Å². The monoisotopic (exact) mass is 241 g/mol. The van der Waals surface area contributed by atoms with Crippen molar-refractivity contribution in [2.75, 3.05) is 7.11 Å². The highest BCUT2D eigenvalue weighted by molar-refractivity contribution is 5.97. The highest BCUT2D eigenvalue weighted by atomic mass is 16.5. The molecule has 1 aliphatic rings. The number of ether oxygens (including phenoxy) is 1. The van der Waals surface area contributed by atoms with Crippen LogP contribution >= 0.6 is 0 Å². The first-order chi connectivity index (χ1) is 8.04. The molecular weight excluding hydrogens is 226 g/mol. The number of rotatable bonds is 6. The van der Waals surface area contributed by atoms with Crippen molar-refractivity contribution in [3.63, 3.8) is 0 Å². The molecule has 0 aromatic carbocycles. The summed E-state index contributed by atoms with van der Waals surface area (Å²) >= 11 is 0. The summed E-state index contributed by atoms with van der Waals surface area (Å²) in [5.41, 5.74) is 0.606. The molecule has 6 heteroatoms. The molecule has 1 unspecified atom stereocenters. The predicted octanol–water partition coefficient (Wildman–Crippen LogP) is 0.229. The second kappa shape index (κ2) is 6.03. The molecule has 6 nitrogen and oxygen atoms in total. The number of esters is 1. The molecule has 0 aromatic heterocycles. The molecule has 0 spiro atoms. The van der Waals surface area contributed by atoms with E-state index in [4.69, 9.17) is 5.11 Å². The van der Waals surface area contributed by atoms with Gasteiger partial charge in [0.25, 0.3) is 0 Å². The lowest BCUT2D eigenvalue weighted by Gasteiger charge is -2.18. The van der Waals surface area contributed by atoms with Crippen molar-refractivity contribution in [2.45, 2.75) is 31.7 Å². The number of carboxylic acids is 1. The van der Waals surface area contributed by atoms with Crippen molar-refractivity contribution in [2.24, 2.45) is 0 Å². The Labute approximate surface area is 98.6 Å². The van der Waals surface area contributed by atoms with E-state index in [-0.39, 0.29) is 18.7 Å². The van der Waals surface area contributed by atoms with Crippen molar-refractivity contribution < 1.29 is 24.2 Å². The smallest absolute Gasteiger partial charge is 0.326 e. The van der Waals surface area contributed by atoms with Gasteiger partial charge in [0.2, 0.25) is 5.91 Å². The van der Waals surface area contributed by atoms with Gasteiger partial charge in [-0.2, -0.15) is 0 Å². The van der Waals surface area contributed by atoms with Crippen LogP contribution in [0.2, 0.25) is 0 Å². The minimum absolute atomic E-state index is 0.0288. The Morgan fingerprint density at radius 1 is 1.53 bits per heavy atom. The van der Waals surface area contributed by atoms with E-state index in [1.807, 2.05) is 0 Å². The normalized spacial score (nSPS) is 15.2. The maximum Gasteiger partial charge on any atom is 0.326 e. The fourth-order valence-corrected chi connectivity index (χ4v) is 1.37. The van der Waals surface area contributed by atoms with Gasteiger partial charge in [0, 0.05) is 12.0 Å². The average Bonchev–Trinajstić information content (AvgIpc) is 2.20. The van der Waals surface area contributed by atoms with E-state index >= 15 is 0 Å². The van der Waals surface area contributed by atoms with Crippen molar-refractivity contribution in [1.29, 1.82) is 0 Å². The van der Waals surface area contributed by atoms with Gasteiger partial charge in [0.1, 0.15) is 6.04 Å². The molecule has 1 aliphatic carbocycles. The van der Waals surface area contributed by atoms with Crippen molar-refractivity contribution >= 4 is 17.8 Å². The van der Waals surface area contributed by atoms with E-state index in [2.05, 4.69) is 10.1 Å². The van der Waals surface area contributed by atoms with Crippen LogP contribution < -0.4 is 5.32 Å². The largest absolute Gasteiger partial charge is 0.480 e. The lowest BCUT2D eigenvalue weighted by atomic mass is 9.98. The second-order valence-corrected chi connectivity index (χ2v) is 3.75. The highest BCUT2D eigenvalue weighted by Gasteiger charge is 2.24. The Bertz CT molecular complexity index is 361. The van der Waals surface area contributed by atoms with Crippen LogP contribution in [-0.2, 0) is 19.1 Å². The third kappa shape index (κ3) is 3.90. The summed E-state index contributed by atoms with van der Waals surface area (Å²) in [4.78, 5) is 33.3. The molecule has 0 bridgehead atoms. The number of carbonyl (C=O) groups excluding carboxylic acids is 2. The molecule has 1 rings (SSSR count). The molecule has 1 atom stereocenters. The zero-order valence-electron chi connectivity index (χ0n) is 9.56. The number of nitrogens with one attached hydrogen (secondary N) is 1. The first-order valence-corrected chi connectivity index (χ1v) is 5.34. The second-order valence-electron chi connectivity index (χ2n) is 3.75. The zero-order valence-corrected chi connectivity index (χ0v) is 9.56. The molecule has 0 fully saturated rings. The molecule has 17 heavy (non-hydrogen) atoms. The lowest BCUT2D eigenvalue weighted by Crippen LogP contribution is -2.42. The van der Waals surface area contributed by atoms with Gasteiger partial charge < -0.3 is 15.2 Å². The van der Waals surface area contributed by atoms with E-state index in [1.165, 1.54) is 7.11 Å². The van der Waals surface area contributed by atoms with Crippen LogP contribution in [0.1, 0.15) is 25.7 Å². The number of carbonyl (C=O) groups is 3. The molecule has 1 amide bonds. The maximum absolute atomic E-state index is 11.5. The van der Waals surface area contributed by atoms with E-state index in [0.29, 0.717) is 12.0 Å². The zero-order chi connectivity index (χ0) is 12.8. The topological polar surface area (TPSA) is 92.7 Å². The number of amides is 1. The molecule has 0 aliphatic heterocycles. The average molecular weight is 241 g/mol. The van der Waals surface area contributed by atoms with Gasteiger partial charge in [-0.25, -0.2) is 4.79 Å². The van der Waals surface area contributed by atoms with Crippen molar-refractivity contribution in [1.82, 2.24) is 5.32 Å². The van der Waals surface area contributed by atoms with Gasteiger partial charge in [-0.05, 0) is 19.3 Å². The van der Waals surface area contributed by atoms with Crippen molar-refractivity contribution in [3.05, 3.63) is 11.6 Å². The Morgan fingerprint density at radius 2 is 2.18 bits per heavy atom. The standard InChI is InChI=1S/C11H15NO5/c1-17-9(13)6-5-8(11(15)16)12-10(14)7-3-2-4-7/h3,8H,2,4-6H2,1H3,(H,12,14)(H,15,16). The lowest BCUT2D eigenvalue weighted by molar-refractivity contribution is -0.143. The van der Waals surface area contributed by atoms with Crippen LogP contribution in [0, 0.1) is 0 Å². The Morgan fingerprint density at radius 3 is 2.59 bits per heavy atom. The van der Waals surface area contributed by atoms with Crippen LogP contribution in [0.15, 0.2) is 11.6 Å². The van der Waals surface area contributed by atoms with Crippen LogP contribution in [0.3, 0.4) is 0 Å². The summed E-state index contributed by atoms with van der Waals surface area (Å²) in [6.07, 6.45) is 3.28. The molecule has 0 radical (unpaired) electrons. The fourth-order valence-electron chi connectivity index (χ4n) is 1.37. The first kappa shape index (κ1) is 13.2. The molecule has 0 heterocycles. The SMILES string of the molecule is COC(=O)CCC(NC(=O)C1=CCC1)C(=O)O. The number of methoxy groups -OCH3 is 1. The predicted molar refractivity (Wildman–Crippen MR) is 58.1 cm³/mol. The van der Waals surface area contributed by atoms with Crippen LogP contribution in [0.5, 0.6) is 0 Å². The number of aliphatic carboxylic acids is 1. The summed E-state index contributed by atoms with van der Waals surface area (Å²) in [5, 5.41) is 11.3. The number of hydrogen-bond acceptors (Lipinski definition) is 4. The third-order valence-corrected chi connectivity index (χ3v) is 2.56. The number of allylic oxidation sites excluding steroid dienone is 1. The molecule has 0 saturated carbocycles. The van der Waals surface area contributed by atoms with Gasteiger partial charge in [0.05, 0.1) is 7.11 Å². The van der Waals surface area contributed by atoms with E-state index in [1.54, 1.807) is 6.08 Å². The molecule has 0 saturated heterocycles. The van der Waals surface area contributed by atoms with Gasteiger partial charge in [-0.3, -0.25) is 9.59 Å². The molecule has 0 aromatic rings. The van der Waals surface area contributed by atoms with E-state index in [0.717, 1.165) is 6.42 Å². The minimum atomic E-state index is -1.15. The Hall–Kier alpha value is -1.85. The third-order valence-electron chi connectivity index (χ3n) is 2.56. The van der Waals surface area contributed by atoms with Crippen LogP contribution in [0.4, 0.5) is 0 Å². The maximum atomic E-state index is 11.5. The summed E-state index contributed by atoms with van der Waals surface area (Å²) in [7, 11) is 1.23. The quantitative estimate of drug-likeness (QED) is 0.649. The minimum Gasteiger partial charge on any atom is -0.480 e. The Kier molecular flexibility index (Phi) is 4.68. The van der Waals surface area contributed by atoms with Gasteiger partial charge in [-0.15, -0.1) is 0 Å². The van der Waals surface area contributed by atoms with Crippen LogP contribution in [-0.4, -0.2) is 36.1 Å². The fraction of sp³-hybridized carbons (Fsp3) is 0.545.